The molecule has 1 unspecified atom stereocenters. The molecule has 1 aromatic heterocycles. The van der Waals surface area contributed by atoms with E-state index in [0.717, 1.165) is 0 Å². The van der Waals surface area contributed by atoms with Gasteiger partial charge in [0.05, 0.1) is 25.8 Å². The van der Waals surface area contributed by atoms with Gasteiger partial charge in [0.2, 0.25) is 0 Å². The lowest BCUT2D eigenvalue weighted by molar-refractivity contribution is -0.145. The summed E-state index contributed by atoms with van der Waals surface area (Å²) < 4.78 is 10.0. The lowest BCUT2D eigenvalue weighted by atomic mass is 10.1. The van der Waals surface area contributed by atoms with Gasteiger partial charge in [-0.25, -0.2) is 4.79 Å². The Hall–Kier alpha value is -2.47. The Morgan fingerprint density at radius 3 is 2.75 bits per heavy atom. The molecule has 1 atom stereocenters. The van der Waals surface area contributed by atoms with Crippen molar-refractivity contribution in [2.24, 2.45) is 5.92 Å². The Morgan fingerprint density at radius 2 is 2.12 bits per heavy atom. The first-order valence-electron chi connectivity index (χ1n) is 7.41. The summed E-state index contributed by atoms with van der Waals surface area (Å²) in [7, 11) is 1.32. The average molecular weight is 351 g/mol. The molecule has 7 heteroatoms. The number of urea groups is 1. The maximum atomic E-state index is 12.6. The number of esters is 1. The number of furan rings is 1. The molecule has 0 saturated carbocycles. The van der Waals surface area contributed by atoms with Crippen LogP contribution in [0.2, 0.25) is 5.02 Å². The molecular formula is C17H19ClN2O4. The monoisotopic (exact) mass is 350 g/mol. The zero-order chi connectivity index (χ0) is 17.5. The predicted octanol–water partition coefficient (Wildman–Crippen LogP) is 3.78. The Labute approximate surface area is 145 Å². The van der Waals surface area contributed by atoms with Crippen LogP contribution in [0, 0.1) is 5.92 Å². The molecule has 2 rings (SSSR count). The van der Waals surface area contributed by atoms with E-state index in [4.69, 9.17) is 20.8 Å². The second-order valence-electron chi connectivity index (χ2n) is 5.32. The van der Waals surface area contributed by atoms with Crippen LogP contribution in [0.5, 0.6) is 0 Å². The largest absolute Gasteiger partial charge is 0.469 e. The lowest BCUT2D eigenvalue weighted by Gasteiger charge is -2.24. The summed E-state index contributed by atoms with van der Waals surface area (Å²) in [5, 5.41) is 3.29. The standard InChI is InChI=1S/C17H19ClN2O4/c1-12(16(21)23-2)10-20(11-15-7-4-8-24-15)17(22)19-14-6-3-5-13(18)9-14/h3-9,12H,10-11H2,1-2H3,(H,19,22). The molecule has 0 aliphatic rings. The summed E-state index contributed by atoms with van der Waals surface area (Å²) in [4.78, 5) is 25.7. The number of amides is 2. The van der Waals surface area contributed by atoms with E-state index in [1.807, 2.05) is 0 Å². The molecule has 2 aromatic rings. The summed E-state index contributed by atoms with van der Waals surface area (Å²) in [6.45, 7) is 2.13. The highest BCUT2D eigenvalue weighted by atomic mass is 35.5. The van der Waals surface area contributed by atoms with Gasteiger partial charge < -0.3 is 19.4 Å². The molecule has 0 bridgehead atoms. The van der Waals surface area contributed by atoms with E-state index in [9.17, 15) is 9.59 Å². The van der Waals surface area contributed by atoms with Crippen molar-refractivity contribution >= 4 is 29.3 Å². The van der Waals surface area contributed by atoms with Gasteiger partial charge in [0.1, 0.15) is 5.76 Å². The Balaban J connectivity index is 2.11. The van der Waals surface area contributed by atoms with Crippen LogP contribution in [0.4, 0.5) is 10.5 Å². The number of anilines is 1. The molecule has 0 saturated heterocycles. The molecule has 128 valence electrons. The van der Waals surface area contributed by atoms with Gasteiger partial charge in [-0.2, -0.15) is 0 Å². The fourth-order valence-electron chi connectivity index (χ4n) is 2.18. The zero-order valence-corrected chi connectivity index (χ0v) is 14.2. The first-order chi connectivity index (χ1) is 11.5. The van der Waals surface area contributed by atoms with Crippen molar-refractivity contribution in [2.45, 2.75) is 13.5 Å². The number of carbonyl (C=O) groups is 2. The fraction of sp³-hybridized carbons (Fsp3) is 0.294. The summed E-state index contributed by atoms with van der Waals surface area (Å²) in [6.07, 6.45) is 1.53. The third-order valence-corrected chi connectivity index (χ3v) is 3.62. The second kappa shape index (κ2) is 8.40. The molecule has 1 heterocycles. The minimum Gasteiger partial charge on any atom is -0.469 e. The van der Waals surface area contributed by atoms with Crippen LogP contribution in [0.15, 0.2) is 47.1 Å². The number of methoxy groups -OCH3 is 1. The number of nitrogens with one attached hydrogen (secondary N) is 1. The highest BCUT2D eigenvalue weighted by Gasteiger charge is 2.22. The SMILES string of the molecule is COC(=O)C(C)CN(Cc1ccco1)C(=O)Nc1cccc(Cl)c1. The van der Waals surface area contributed by atoms with Gasteiger partial charge in [0, 0.05) is 17.3 Å². The van der Waals surface area contributed by atoms with Gasteiger partial charge in [-0.15, -0.1) is 0 Å². The maximum absolute atomic E-state index is 12.6. The van der Waals surface area contributed by atoms with Gasteiger partial charge in [-0.05, 0) is 30.3 Å². The number of carbonyl (C=O) groups excluding carboxylic acids is 2. The number of rotatable bonds is 6. The lowest BCUT2D eigenvalue weighted by Crippen LogP contribution is -2.39. The van der Waals surface area contributed by atoms with Crippen molar-refractivity contribution in [3.63, 3.8) is 0 Å². The Morgan fingerprint density at radius 1 is 1.33 bits per heavy atom. The number of halogens is 1. The number of benzene rings is 1. The van der Waals surface area contributed by atoms with Crippen molar-refractivity contribution in [3.8, 4) is 0 Å². The van der Waals surface area contributed by atoms with Gasteiger partial charge in [-0.3, -0.25) is 4.79 Å². The van der Waals surface area contributed by atoms with Gasteiger partial charge >= 0.3 is 12.0 Å². The van der Waals surface area contributed by atoms with Crippen molar-refractivity contribution in [1.29, 1.82) is 0 Å². The maximum Gasteiger partial charge on any atom is 0.322 e. The predicted molar refractivity (Wildman–Crippen MR) is 90.8 cm³/mol. The molecule has 1 N–H and O–H groups in total. The van der Waals surface area contributed by atoms with Crippen LogP contribution in [-0.2, 0) is 16.1 Å². The van der Waals surface area contributed by atoms with Crippen LogP contribution >= 0.6 is 11.6 Å². The van der Waals surface area contributed by atoms with Gasteiger partial charge in [-0.1, -0.05) is 24.6 Å². The number of ether oxygens (including phenoxy) is 1. The molecule has 0 spiro atoms. The first kappa shape index (κ1) is 17.9. The minimum atomic E-state index is -0.463. The van der Waals surface area contributed by atoms with Crippen LogP contribution in [0.1, 0.15) is 12.7 Å². The smallest absolute Gasteiger partial charge is 0.322 e. The molecule has 6 nitrogen and oxygen atoms in total. The Bertz CT molecular complexity index is 688. The van der Waals surface area contributed by atoms with Crippen LogP contribution < -0.4 is 5.32 Å². The van der Waals surface area contributed by atoms with E-state index in [-0.39, 0.29) is 25.1 Å². The molecule has 0 fully saturated rings. The van der Waals surface area contributed by atoms with Crippen LogP contribution in [0.3, 0.4) is 0 Å². The van der Waals surface area contributed by atoms with Gasteiger partial charge in [0.15, 0.2) is 0 Å². The summed E-state index contributed by atoms with van der Waals surface area (Å²) in [5.41, 5.74) is 0.572. The molecule has 1 aromatic carbocycles. The van der Waals surface area contributed by atoms with Gasteiger partial charge in [0.25, 0.3) is 0 Å². The quantitative estimate of drug-likeness (QED) is 0.805. The number of nitrogens with zero attached hydrogens (tertiary/aromatic N) is 1. The van der Waals surface area contributed by atoms with Crippen LogP contribution in [-0.4, -0.2) is 30.6 Å². The summed E-state index contributed by atoms with van der Waals surface area (Å²) in [5.74, 6) is -0.224. The third kappa shape index (κ3) is 5.03. The first-order valence-corrected chi connectivity index (χ1v) is 7.79. The zero-order valence-electron chi connectivity index (χ0n) is 13.5. The highest BCUT2D eigenvalue weighted by molar-refractivity contribution is 6.30. The van der Waals surface area contributed by atoms with E-state index >= 15 is 0 Å². The number of hydrogen-bond donors (Lipinski definition) is 1. The van der Waals surface area contributed by atoms with E-state index in [1.54, 1.807) is 43.3 Å². The topological polar surface area (TPSA) is 71.8 Å². The Kier molecular flexibility index (Phi) is 6.26. The van der Waals surface area contributed by atoms with Crippen LogP contribution in [0.25, 0.3) is 0 Å². The normalized spacial score (nSPS) is 11.6. The highest BCUT2D eigenvalue weighted by Crippen LogP contribution is 2.17. The van der Waals surface area contributed by atoms with Crippen molar-refractivity contribution in [2.75, 3.05) is 19.0 Å². The molecule has 24 heavy (non-hydrogen) atoms. The fourth-order valence-corrected chi connectivity index (χ4v) is 2.38. The third-order valence-electron chi connectivity index (χ3n) is 3.39. The van der Waals surface area contributed by atoms with Crippen molar-refractivity contribution in [1.82, 2.24) is 4.90 Å². The molecule has 0 aliphatic heterocycles. The molecular weight excluding hydrogens is 332 g/mol. The van der Waals surface area contributed by atoms with E-state index in [2.05, 4.69) is 5.32 Å². The second-order valence-corrected chi connectivity index (χ2v) is 5.76. The number of hydrogen-bond acceptors (Lipinski definition) is 4. The minimum absolute atomic E-state index is 0.194. The van der Waals surface area contributed by atoms with E-state index in [1.165, 1.54) is 18.3 Å². The summed E-state index contributed by atoms with van der Waals surface area (Å²) in [6, 6.07) is 9.99. The van der Waals surface area contributed by atoms with Crippen molar-refractivity contribution in [3.05, 3.63) is 53.4 Å². The summed E-state index contributed by atoms with van der Waals surface area (Å²) >= 11 is 5.93. The average Bonchev–Trinajstić information content (AvgIpc) is 3.06. The molecule has 0 aliphatic carbocycles. The van der Waals surface area contributed by atoms with Crippen molar-refractivity contribution < 1.29 is 18.7 Å². The van der Waals surface area contributed by atoms with E-state index < -0.39 is 5.92 Å². The molecule has 2 amide bonds. The molecule has 0 radical (unpaired) electrons. The van der Waals surface area contributed by atoms with E-state index in [0.29, 0.717) is 16.5 Å².